The molecule has 1 heterocycles. The van der Waals surface area contributed by atoms with Gasteiger partial charge in [-0.1, -0.05) is 6.07 Å². The number of benzene rings is 1. The Morgan fingerprint density at radius 3 is 2.16 bits per heavy atom. The summed E-state index contributed by atoms with van der Waals surface area (Å²) in [7, 11) is 0. The van der Waals surface area contributed by atoms with E-state index in [1.54, 1.807) is 6.07 Å². The number of nitrogens with one attached hydrogen (secondary N) is 2. The average Bonchev–Trinajstić information content (AvgIpc) is 3.15. The van der Waals surface area contributed by atoms with Crippen molar-refractivity contribution in [1.29, 1.82) is 0 Å². The number of carbonyl (C=O) groups is 4. The van der Waals surface area contributed by atoms with Crippen molar-refractivity contribution in [2.45, 2.75) is 64.6 Å². The summed E-state index contributed by atoms with van der Waals surface area (Å²) in [4.78, 5) is 48.3. The molecule has 0 aliphatic carbocycles. The lowest BCUT2D eigenvalue weighted by molar-refractivity contribution is -0.137. The van der Waals surface area contributed by atoms with Crippen molar-refractivity contribution in [2.24, 2.45) is 0 Å². The van der Waals surface area contributed by atoms with Crippen LogP contribution < -0.4 is 10.6 Å². The lowest BCUT2D eigenvalue weighted by Gasteiger charge is -2.29. The van der Waals surface area contributed by atoms with E-state index in [1.165, 1.54) is 24.3 Å². The molecule has 0 fully saturated rings. The summed E-state index contributed by atoms with van der Waals surface area (Å²) in [6.07, 6.45) is 4.03. The maximum absolute atomic E-state index is 12.1. The minimum absolute atomic E-state index is 0.0416. The van der Waals surface area contributed by atoms with E-state index in [1.807, 2.05) is 27.7 Å². The molecule has 0 unspecified atom stereocenters. The predicted octanol–water partition coefficient (Wildman–Crippen LogP) is 1.56. The SMILES string of the molecule is CC(C)(CCNC(=O)CCN1C(=O)C=CC1=O)OCCC(C)(C)OCC(=O)NCCc1ccc(O)c(O)c1. The van der Waals surface area contributed by atoms with E-state index in [9.17, 15) is 29.4 Å². The Hall–Kier alpha value is -3.44. The summed E-state index contributed by atoms with van der Waals surface area (Å²) < 4.78 is 11.7. The Bertz CT molecular complexity index is 1020. The fourth-order valence-corrected chi connectivity index (χ4v) is 3.56. The van der Waals surface area contributed by atoms with E-state index in [4.69, 9.17) is 9.47 Å². The molecule has 11 nitrogen and oxygen atoms in total. The summed E-state index contributed by atoms with van der Waals surface area (Å²) >= 11 is 0. The van der Waals surface area contributed by atoms with E-state index in [0.29, 0.717) is 39.0 Å². The summed E-state index contributed by atoms with van der Waals surface area (Å²) in [6.45, 7) is 8.68. The quantitative estimate of drug-likeness (QED) is 0.184. The molecule has 1 aromatic rings. The van der Waals surface area contributed by atoms with E-state index in [0.717, 1.165) is 10.5 Å². The van der Waals surface area contributed by atoms with Gasteiger partial charge < -0.3 is 30.3 Å². The van der Waals surface area contributed by atoms with Crippen LogP contribution in [0.5, 0.6) is 11.5 Å². The third-order valence-corrected chi connectivity index (χ3v) is 6.08. The normalized spacial score (nSPS) is 13.7. The van der Waals surface area contributed by atoms with Crippen LogP contribution in [0.1, 0.15) is 52.5 Å². The fraction of sp³-hybridized carbons (Fsp3) is 0.556. The van der Waals surface area contributed by atoms with Gasteiger partial charge >= 0.3 is 0 Å². The van der Waals surface area contributed by atoms with Gasteiger partial charge in [0.05, 0.1) is 17.8 Å². The molecule has 1 aliphatic rings. The van der Waals surface area contributed by atoms with Crippen LogP contribution >= 0.6 is 0 Å². The molecule has 2 rings (SSSR count). The summed E-state index contributed by atoms with van der Waals surface area (Å²) in [5, 5.41) is 24.4. The number of hydrogen-bond donors (Lipinski definition) is 4. The minimum atomic E-state index is -0.594. The first kappa shape index (κ1) is 30.8. The van der Waals surface area contributed by atoms with E-state index in [2.05, 4.69) is 10.6 Å². The van der Waals surface area contributed by atoms with Crippen molar-refractivity contribution in [2.75, 3.05) is 32.8 Å². The second kappa shape index (κ2) is 13.9. The molecule has 0 saturated carbocycles. The Morgan fingerprint density at radius 2 is 1.50 bits per heavy atom. The Kier molecular flexibility index (Phi) is 11.3. The highest BCUT2D eigenvalue weighted by atomic mass is 16.5. The highest BCUT2D eigenvalue weighted by molar-refractivity contribution is 6.13. The Labute approximate surface area is 223 Å². The van der Waals surface area contributed by atoms with Gasteiger partial charge in [-0.15, -0.1) is 0 Å². The van der Waals surface area contributed by atoms with Crippen LogP contribution in [0.15, 0.2) is 30.4 Å². The zero-order valence-electron chi connectivity index (χ0n) is 22.5. The van der Waals surface area contributed by atoms with Crippen LogP contribution in [0.3, 0.4) is 0 Å². The van der Waals surface area contributed by atoms with Crippen LogP contribution in [0.2, 0.25) is 0 Å². The summed E-state index contributed by atoms with van der Waals surface area (Å²) in [6, 6.07) is 4.53. The number of aromatic hydroxyl groups is 2. The molecular weight excluding hydrogens is 494 g/mol. The Morgan fingerprint density at radius 1 is 0.868 bits per heavy atom. The number of carbonyl (C=O) groups excluding carboxylic acids is 4. The van der Waals surface area contributed by atoms with Crippen LogP contribution in [-0.4, -0.2) is 82.8 Å². The summed E-state index contributed by atoms with van der Waals surface area (Å²) in [5.74, 6) is -1.70. The van der Waals surface area contributed by atoms with Crippen LogP contribution in [0, 0.1) is 0 Å². The second-order valence-electron chi connectivity index (χ2n) is 10.3. The molecule has 0 spiro atoms. The number of phenolic OH excluding ortho intramolecular Hbond substituents is 2. The molecule has 210 valence electrons. The number of nitrogens with zero attached hydrogens (tertiary/aromatic N) is 1. The Balaban J connectivity index is 1.58. The molecule has 4 amide bonds. The molecule has 11 heteroatoms. The van der Waals surface area contributed by atoms with Crippen molar-refractivity contribution >= 4 is 23.6 Å². The van der Waals surface area contributed by atoms with Gasteiger partial charge in [-0.3, -0.25) is 24.1 Å². The average molecular weight is 534 g/mol. The number of hydrogen-bond acceptors (Lipinski definition) is 8. The topological polar surface area (TPSA) is 154 Å². The van der Waals surface area contributed by atoms with Crippen molar-refractivity contribution in [3.8, 4) is 11.5 Å². The highest BCUT2D eigenvalue weighted by Gasteiger charge is 2.25. The fourth-order valence-electron chi connectivity index (χ4n) is 3.56. The largest absolute Gasteiger partial charge is 0.504 e. The molecule has 0 saturated heterocycles. The molecular formula is C27H39N3O8. The van der Waals surface area contributed by atoms with Gasteiger partial charge in [-0.2, -0.15) is 0 Å². The minimum Gasteiger partial charge on any atom is -0.504 e. The number of amides is 4. The third-order valence-electron chi connectivity index (χ3n) is 6.08. The molecule has 0 bridgehead atoms. The van der Waals surface area contributed by atoms with Gasteiger partial charge in [0.25, 0.3) is 11.8 Å². The first-order valence-corrected chi connectivity index (χ1v) is 12.6. The molecule has 38 heavy (non-hydrogen) atoms. The van der Waals surface area contributed by atoms with E-state index < -0.39 is 23.0 Å². The van der Waals surface area contributed by atoms with Crippen molar-refractivity contribution in [3.63, 3.8) is 0 Å². The maximum atomic E-state index is 12.1. The van der Waals surface area contributed by atoms with Crippen molar-refractivity contribution < 1.29 is 38.9 Å². The molecule has 0 atom stereocenters. The summed E-state index contributed by atoms with van der Waals surface area (Å²) in [5.41, 5.74) is -0.313. The van der Waals surface area contributed by atoms with Crippen LogP contribution in [0.25, 0.3) is 0 Å². The lowest BCUT2D eigenvalue weighted by atomic mass is 10.0. The molecule has 0 aromatic heterocycles. The lowest BCUT2D eigenvalue weighted by Crippen LogP contribution is -2.38. The molecule has 1 aliphatic heterocycles. The van der Waals surface area contributed by atoms with Gasteiger partial charge in [0.1, 0.15) is 6.61 Å². The van der Waals surface area contributed by atoms with Crippen molar-refractivity contribution in [3.05, 3.63) is 35.9 Å². The zero-order valence-corrected chi connectivity index (χ0v) is 22.5. The van der Waals surface area contributed by atoms with E-state index in [-0.39, 0.29) is 42.9 Å². The monoisotopic (exact) mass is 533 g/mol. The maximum Gasteiger partial charge on any atom is 0.253 e. The van der Waals surface area contributed by atoms with Gasteiger partial charge in [-0.05, 0) is 64.7 Å². The first-order valence-electron chi connectivity index (χ1n) is 12.6. The predicted molar refractivity (Wildman–Crippen MR) is 139 cm³/mol. The second-order valence-corrected chi connectivity index (χ2v) is 10.3. The highest BCUT2D eigenvalue weighted by Crippen LogP contribution is 2.25. The molecule has 1 aromatic carbocycles. The van der Waals surface area contributed by atoms with Gasteiger partial charge in [0.15, 0.2) is 11.5 Å². The van der Waals surface area contributed by atoms with Gasteiger partial charge in [-0.25, -0.2) is 0 Å². The number of ether oxygens (including phenoxy) is 2. The molecule has 4 N–H and O–H groups in total. The zero-order chi connectivity index (χ0) is 28.3. The smallest absolute Gasteiger partial charge is 0.253 e. The van der Waals surface area contributed by atoms with E-state index >= 15 is 0 Å². The van der Waals surface area contributed by atoms with Crippen molar-refractivity contribution in [1.82, 2.24) is 15.5 Å². The van der Waals surface area contributed by atoms with Gasteiger partial charge in [0.2, 0.25) is 11.8 Å². The van der Waals surface area contributed by atoms with Gasteiger partial charge in [0, 0.05) is 38.2 Å². The van der Waals surface area contributed by atoms with Crippen LogP contribution in [-0.2, 0) is 35.1 Å². The number of phenols is 2. The third kappa shape index (κ3) is 10.9. The first-order chi connectivity index (χ1) is 17.8. The van der Waals surface area contributed by atoms with Crippen LogP contribution in [0.4, 0.5) is 0 Å². The number of rotatable bonds is 16. The standard InChI is InChI=1S/C27H39N3O8/c1-26(2,11-14-29-22(33)10-15-30-24(35)7-8-25(30)36)37-16-12-27(3,4)38-18-23(34)28-13-9-19-5-6-20(31)21(32)17-19/h5-8,17,31-32H,9-16,18H2,1-4H3,(H,28,34)(H,29,33). The number of imide groups is 1. The molecule has 0 radical (unpaired) electrons.